The fourth-order valence-corrected chi connectivity index (χ4v) is 12.0. The van der Waals surface area contributed by atoms with Crippen LogP contribution in [0.1, 0.15) is 113 Å². The van der Waals surface area contributed by atoms with E-state index in [0.717, 1.165) is 36.0 Å². The molecule has 0 aromatic heterocycles. The number of fused-ring (bicyclic) bond motifs is 4. The van der Waals surface area contributed by atoms with E-state index in [9.17, 15) is 4.79 Å². The summed E-state index contributed by atoms with van der Waals surface area (Å²) in [5, 5.41) is 0. The minimum Gasteiger partial charge on any atom is -0.373 e. The molecule has 5 saturated carbocycles. The Bertz CT molecular complexity index is 881. The van der Waals surface area contributed by atoms with Gasteiger partial charge >= 0.3 is 0 Å². The van der Waals surface area contributed by atoms with Crippen molar-refractivity contribution >= 4 is 5.91 Å². The second-order valence-electron chi connectivity index (χ2n) is 15.6. The quantitative estimate of drug-likeness (QED) is 0.420. The Morgan fingerprint density at radius 2 is 1.63 bits per heavy atom. The molecule has 1 heterocycles. The zero-order chi connectivity index (χ0) is 25.1. The first-order valence-corrected chi connectivity index (χ1v) is 15.3. The molecule has 2 spiro atoms. The molecule has 0 N–H and O–H groups in total. The van der Waals surface area contributed by atoms with Crippen molar-refractivity contribution in [2.24, 2.45) is 57.2 Å². The highest BCUT2D eigenvalue weighted by molar-refractivity contribution is 5.73. The zero-order valence-corrected chi connectivity index (χ0v) is 24.0. The Kier molecular flexibility index (Phi) is 5.47. The normalized spacial score (nSPS) is 52.4. The van der Waals surface area contributed by atoms with Gasteiger partial charge in [-0.3, -0.25) is 4.79 Å². The van der Waals surface area contributed by atoms with Crippen LogP contribution in [0, 0.1) is 57.2 Å². The SMILES string of the molecule is CC(=O)N(C)[C@H](C(C)C)[C@H]1CCC2[C@@H](CC3C4CCC5C(C)(C)[C@@H](C)CCC56C[C@@]46CCC32C)O1. The van der Waals surface area contributed by atoms with Gasteiger partial charge in [-0.1, -0.05) is 41.5 Å². The molecule has 11 atom stereocenters. The summed E-state index contributed by atoms with van der Waals surface area (Å²) in [5.74, 6) is 4.95. The highest BCUT2D eigenvalue weighted by Gasteiger charge is 2.80. The average Bonchev–Trinajstić information content (AvgIpc) is 3.37. The van der Waals surface area contributed by atoms with Gasteiger partial charge in [0.05, 0.1) is 18.2 Å². The molecule has 6 fully saturated rings. The van der Waals surface area contributed by atoms with Gasteiger partial charge in [0.25, 0.3) is 0 Å². The first-order chi connectivity index (χ1) is 16.4. The highest BCUT2D eigenvalue weighted by Crippen LogP contribution is 2.87. The number of carbonyl (C=O) groups excluding carboxylic acids is 1. The maximum Gasteiger partial charge on any atom is 0.219 e. The van der Waals surface area contributed by atoms with Gasteiger partial charge in [0.15, 0.2) is 0 Å². The monoisotopic (exact) mass is 483 g/mol. The zero-order valence-electron chi connectivity index (χ0n) is 24.0. The molecule has 198 valence electrons. The van der Waals surface area contributed by atoms with Crippen LogP contribution in [0.4, 0.5) is 0 Å². The number of rotatable bonds is 3. The van der Waals surface area contributed by atoms with E-state index in [1.807, 2.05) is 11.9 Å². The predicted molar refractivity (Wildman–Crippen MR) is 142 cm³/mol. The van der Waals surface area contributed by atoms with E-state index in [0.29, 0.717) is 33.7 Å². The maximum atomic E-state index is 12.3. The second-order valence-corrected chi connectivity index (χ2v) is 15.6. The van der Waals surface area contributed by atoms with Crippen molar-refractivity contribution in [3.8, 4) is 0 Å². The molecule has 0 aromatic rings. The first kappa shape index (κ1) is 24.7. The van der Waals surface area contributed by atoms with Crippen LogP contribution in [-0.4, -0.2) is 36.1 Å². The summed E-state index contributed by atoms with van der Waals surface area (Å²) in [5.41, 5.74) is 2.33. The third kappa shape index (κ3) is 3.09. The van der Waals surface area contributed by atoms with Crippen LogP contribution < -0.4 is 0 Å². The predicted octanol–water partition coefficient (Wildman–Crippen LogP) is 7.33. The van der Waals surface area contributed by atoms with Crippen LogP contribution >= 0.6 is 0 Å². The van der Waals surface area contributed by atoms with E-state index in [1.54, 1.807) is 13.3 Å². The number of carbonyl (C=O) groups is 1. The van der Waals surface area contributed by atoms with Crippen LogP contribution in [0.2, 0.25) is 0 Å². The summed E-state index contributed by atoms with van der Waals surface area (Å²) in [6.45, 7) is 16.7. The van der Waals surface area contributed by atoms with Crippen LogP contribution in [-0.2, 0) is 9.53 Å². The van der Waals surface area contributed by atoms with Crippen molar-refractivity contribution in [3.05, 3.63) is 0 Å². The first-order valence-electron chi connectivity index (χ1n) is 15.3. The van der Waals surface area contributed by atoms with Gasteiger partial charge in [-0.2, -0.15) is 0 Å². The molecular weight excluding hydrogens is 430 g/mol. The van der Waals surface area contributed by atoms with E-state index >= 15 is 0 Å². The number of nitrogens with zero attached hydrogens (tertiary/aromatic N) is 1. The molecular formula is C32H53NO2. The van der Waals surface area contributed by atoms with Gasteiger partial charge in [-0.15, -0.1) is 0 Å². The lowest BCUT2D eigenvalue weighted by Gasteiger charge is -2.59. The van der Waals surface area contributed by atoms with Crippen molar-refractivity contribution < 1.29 is 9.53 Å². The number of ether oxygens (including phenoxy) is 1. The average molecular weight is 484 g/mol. The van der Waals surface area contributed by atoms with Crippen LogP contribution in [0.3, 0.4) is 0 Å². The third-order valence-corrected chi connectivity index (χ3v) is 14.2. The van der Waals surface area contributed by atoms with Gasteiger partial charge in [-0.25, -0.2) is 0 Å². The van der Waals surface area contributed by atoms with Gasteiger partial charge in [-0.05, 0) is 121 Å². The van der Waals surface area contributed by atoms with E-state index in [2.05, 4.69) is 41.5 Å². The highest BCUT2D eigenvalue weighted by atomic mass is 16.5. The summed E-state index contributed by atoms with van der Waals surface area (Å²) >= 11 is 0. The third-order valence-electron chi connectivity index (χ3n) is 14.2. The van der Waals surface area contributed by atoms with E-state index < -0.39 is 0 Å². The van der Waals surface area contributed by atoms with E-state index in [-0.39, 0.29) is 18.1 Å². The molecule has 0 bridgehead atoms. The number of likely N-dealkylation sites (N-methyl/N-ethyl adjacent to an activating group) is 1. The minimum absolute atomic E-state index is 0.170. The van der Waals surface area contributed by atoms with Crippen LogP contribution in [0.25, 0.3) is 0 Å². The fraction of sp³-hybridized carbons (Fsp3) is 0.969. The second kappa shape index (κ2) is 7.73. The fourth-order valence-electron chi connectivity index (χ4n) is 12.0. The van der Waals surface area contributed by atoms with Gasteiger partial charge in [0.2, 0.25) is 5.91 Å². The molecule has 3 nitrogen and oxygen atoms in total. The Balaban J connectivity index is 1.24. The lowest BCUT2D eigenvalue weighted by molar-refractivity contribution is -0.148. The largest absolute Gasteiger partial charge is 0.373 e. The standard InChI is InChI=1S/C32H53NO2/c1-19(2)28(33(8)21(4)34)25-11-9-23-26(35-25)17-24-22-10-12-27-29(5,6)20(3)13-14-32(27)18-31(22,32)16-15-30(23,24)7/h19-20,22-28H,9-18H2,1-8H3/t20-,22?,23?,24?,25+,26+,27?,28+,30?,31-,32?/m0/s1. The maximum absolute atomic E-state index is 12.3. The molecule has 3 heteroatoms. The molecule has 6 aliphatic rings. The molecule has 0 aromatic carbocycles. The number of hydrogen-bond acceptors (Lipinski definition) is 2. The minimum atomic E-state index is 0.170. The number of amides is 1. The van der Waals surface area contributed by atoms with Gasteiger partial charge in [0.1, 0.15) is 0 Å². The van der Waals surface area contributed by atoms with Crippen molar-refractivity contribution in [2.45, 2.75) is 131 Å². The van der Waals surface area contributed by atoms with Gasteiger partial charge in [0, 0.05) is 14.0 Å². The Morgan fingerprint density at radius 1 is 0.914 bits per heavy atom. The molecule has 5 aliphatic carbocycles. The Hall–Kier alpha value is -0.570. The smallest absolute Gasteiger partial charge is 0.219 e. The molecule has 35 heavy (non-hydrogen) atoms. The molecule has 0 radical (unpaired) electrons. The molecule has 1 saturated heterocycles. The molecule has 6 unspecified atom stereocenters. The van der Waals surface area contributed by atoms with E-state index in [1.165, 1.54) is 51.4 Å². The lowest BCUT2D eigenvalue weighted by atomic mass is 9.45. The van der Waals surface area contributed by atoms with Crippen molar-refractivity contribution in [1.82, 2.24) is 4.90 Å². The topological polar surface area (TPSA) is 29.5 Å². The van der Waals surface area contributed by atoms with Crippen molar-refractivity contribution in [3.63, 3.8) is 0 Å². The summed E-state index contributed by atoms with van der Waals surface area (Å²) in [4.78, 5) is 14.2. The van der Waals surface area contributed by atoms with Gasteiger partial charge < -0.3 is 9.64 Å². The summed E-state index contributed by atoms with van der Waals surface area (Å²) < 4.78 is 7.05. The summed E-state index contributed by atoms with van der Waals surface area (Å²) in [6, 6.07) is 0.198. The molecule has 1 aliphatic heterocycles. The number of hydrogen-bond donors (Lipinski definition) is 0. The Labute approximate surface area is 215 Å². The molecule has 1 amide bonds. The summed E-state index contributed by atoms with van der Waals surface area (Å²) in [7, 11) is 1.99. The summed E-state index contributed by atoms with van der Waals surface area (Å²) in [6.07, 6.45) is 14.7. The Morgan fingerprint density at radius 3 is 2.31 bits per heavy atom. The van der Waals surface area contributed by atoms with Crippen molar-refractivity contribution in [2.75, 3.05) is 7.05 Å². The van der Waals surface area contributed by atoms with Crippen LogP contribution in [0.15, 0.2) is 0 Å². The van der Waals surface area contributed by atoms with E-state index in [4.69, 9.17) is 4.74 Å². The lowest BCUT2D eigenvalue weighted by Crippen LogP contribution is -2.53. The molecule has 6 rings (SSSR count). The van der Waals surface area contributed by atoms with Crippen molar-refractivity contribution in [1.29, 1.82) is 0 Å². The van der Waals surface area contributed by atoms with Crippen LogP contribution in [0.5, 0.6) is 0 Å².